The van der Waals surface area contributed by atoms with Crippen LogP contribution in [0, 0.1) is 0 Å². The van der Waals surface area contributed by atoms with Gasteiger partial charge >= 0.3 is 5.97 Å². The summed E-state index contributed by atoms with van der Waals surface area (Å²) in [6.07, 6.45) is -0.254. The van der Waals surface area contributed by atoms with Crippen LogP contribution in [-0.4, -0.2) is 34.4 Å². The molecule has 0 spiro atoms. The van der Waals surface area contributed by atoms with Gasteiger partial charge in [-0.05, 0) is 5.56 Å². The Labute approximate surface area is 148 Å². The van der Waals surface area contributed by atoms with Crippen LogP contribution in [0.25, 0.3) is 0 Å². The zero-order valence-electron chi connectivity index (χ0n) is 13.3. The first-order chi connectivity index (χ1) is 12.0. The highest BCUT2D eigenvalue weighted by molar-refractivity contribution is 7.09. The van der Waals surface area contributed by atoms with Gasteiger partial charge in [0.05, 0.1) is 19.0 Å². The first-order valence-corrected chi connectivity index (χ1v) is 8.36. The third kappa shape index (κ3) is 5.66. The highest BCUT2D eigenvalue weighted by Gasteiger charge is 2.18. The third-order valence-corrected chi connectivity index (χ3v) is 4.16. The molecule has 0 aliphatic rings. The van der Waals surface area contributed by atoms with Crippen LogP contribution in [0.15, 0.2) is 35.7 Å². The summed E-state index contributed by atoms with van der Waals surface area (Å²) in [5, 5.41) is 16.3. The smallest absolute Gasteiger partial charge is 0.305 e. The van der Waals surface area contributed by atoms with E-state index in [1.54, 1.807) is 35.7 Å². The van der Waals surface area contributed by atoms with Crippen molar-refractivity contribution in [3.63, 3.8) is 0 Å². The molecule has 1 atom stereocenters. The molecule has 1 aromatic carbocycles. The SMILES string of the molecule is NCc1nc(C(=O)NCC(=O)NC(CC(=O)O)c2ccccc2)cs1. The first kappa shape index (κ1) is 18.6. The van der Waals surface area contributed by atoms with Crippen molar-refractivity contribution in [2.75, 3.05) is 6.54 Å². The van der Waals surface area contributed by atoms with Crippen LogP contribution in [0.3, 0.4) is 0 Å². The maximum Gasteiger partial charge on any atom is 0.305 e. The van der Waals surface area contributed by atoms with Crippen LogP contribution in [-0.2, 0) is 16.1 Å². The molecule has 0 saturated carbocycles. The van der Waals surface area contributed by atoms with Gasteiger partial charge in [-0.1, -0.05) is 30.3 Å². The van der Waals surface area contributed by atoms with E-state index in [4.69, 9.17) is 10.8 Å². The second-order valence-electron chi connectivity index (χ2n) is 5.14. The van der Waals surface area contributed by atoms with E-state index in [9.17, 15) is 14.4 Å². The summed E-state index contributed by atoms with van der Waals surface area (Å²) in [7, 11) is 0. The standard InChI is InChI=1S/C16H18N4O4S/c17-7-14-20-12(9-25-14)16(24)18-8-13(21)19-11(6-15(22)23)10-4-2-1-3-5-10/h1-5,9,11H,6-8,17H2,(H,18,24)(H,19,21)(H,22,23). The molecule has 132 valence electrons. The molecule has 0 radical (unpaired) electrons. The van der Waals surface area contributed by atoms with E-state index in [0.717, 1.165) is 0 Å². The van der Waals surface area contributed by atoms with Gasteiger partial charge in [-0.3, -0.25) is 14.4 Å². The van der Waals surface area contributed by atoms with Crippen LogP contribution < -0.4 is 16.4 Å². The molecule has 2 aromatic rings. The maximum atomic E-state index is 12.0. The normalized spacial score (nSPS) is 11.6. The summed E-state index contributed by atoms with van der Waals surface area (Å²) in [5.74, 6) is -2.01. The van der Waals surface area contributed by atoms with Gasteiger partial charge < -0.3 is 21.5 Å². The summed E-state index contributed by atoms with van der Waals surface area (Å²) < 4.78 is 0. The summed E-state index contributed by atoms with van der Waals surface area (Å²) in [6.45, 7) is -0.0380. The van der Waals surface area contributed by atoms with Crippen LogP contribution in [0.1, 0.15) is 33.5 Å². The number of benzene rings is 1. The molecule has 1 heterocycles. The van der Waals surface area contributed by atoms with E-state index in [1.807, 2.05) is 0 Å². The highest BCUT2D eigenvalue weighted by Crippen LogP contribution is 2.16. The van der Waals surface area contributed by atoms with E-state index < -0.39 is 23.8 Å². The lowest BCUT2D eigenvalue weighted by Crippen LogP contribution is -2.39. The third-order valence-electron chi connectivity index (χ3n) is 3.28. The van der Waals surface area contributed by atoms with Crippen molar-refractivity contribution < 1.29 is 19.5 Å². The molecular formula is C16H18N4O4S. The lowest BCUT2D eigenvalue weighted by molar-refractivity contribution is -0.137. The van der Waals surface area contributed by atoms with Crippen LogP contribution in [0.4, 0.5) is 0 Å². The van der Waals surface area contributed by atoms with Crippen molar-refractivity contribution >= 4 is 29.1 Å². The van der Waals surface area contributed by atoms with Crippen LogP contribution >= 0.6 is 11.3 Å². The van der Waals surface area contributed by atoms with Crippen molar-refractivity contribution in [1.82, 2.24) is 15.6 Å². The quantitative estimate of drug-likeness (QED) is 0.545. The van der Waals surface area contributed by atoms with Crippen LogP contribution in [0.5, 0.6) is 0 Å². The zero-order valence-corrected chi connectivity index (χ0v) is 14.1. The summed E-state index contributed by atoms with van der Waals surface area (Å²) in [4.78, 5) is 39.0. The molecule has 25 heavy (non-hydrogen) atoms. The number of carbonyl (C=O) groups excluding carboxylic acids is 2. The minimum absolute atomic E-state index is 0.198. The summed E-state index contributed by atoms with van der Waals surface area (Å²) >= 11 is 1.26. The molecule has 8 nitrogen and oxygen atoms in total. The van der Waals surface area contributed by atoms with Gasteiger partial charge in [0.25, 0.3) is 5.91 Å². The van der Waals surface area contributed by atoms with Gasteiger partial charge in [0.1, 0.15) is 10.7 Å². The number of carboxylic acids is 1. The predicted octanol–water partition coefficient (Wildman–Crippen LogP) is 0.664. The lowest BCUT2D eigenvalue weighted by Gasteiger charge is -2.17. The number of amides is 2. The van der Waals surface area contributed by atoms with E-state index in [2.05, 4.69) is 15.6 Å². The molecule has 2 rings (SSSR count). The van der Waals surface area contributed by atoms with Crippen molar-refractivity contribution in [1.29, 1.82) is 0 Å². The average molecular weight is 362 g/mol. The second kappa shape index (κ2) is 8.90. The number of hydrogen-bond donors (Lipinski definition) is 4. The Bertz CT molecular complexity index is 748. The van der Waals surface area contributed by atoms with E-state index in [1.165, 1.54) is 11.3 Å². The number of nitrogens with one attached hydrogen (secondary N) is 2. The van der Waals surface area contributed by atoms with Gasteiger partial charge in [-0.25, -0.2) is 4.98 Å². The van der Waals surface area contributed by atoms with Crippen molar-refractivity contribution in [2.45, 2.75) is 19.0 Å². The molecule has 0 fully saturated rings. The molecule has 5 N–H and O–H groups in total. The molecular weight excluding hydrogens is 344 g/mol. The number of carboxylic acid groups (broad SMARTS) is 1. The second-order valence-corrected chi connectivity index (χ2v) is 6.08. The molecule has 9 heteroatoms. The topological polar surface area (TPSA) is 134 Å². The number of aliphatic carboxylic acids is 1. The Kier molecular flexibility index (Phi) is 6.61. The van der Waals surface area contributed by atoms with E-state index in [-0.39, 0.29) is 25.2 Å². The predicted molar refractivity (Wildman–Crippen MR) is 91.9 cm³/mol. The first-order valence-electron chi connectivity index (χ1n) is 7.48. The number of nitrogens with two attached hydrogens (primary N) is 1. The fourth-order valence-electron chi connectivity index (χ4n) is 2.12. The zero-order chi connectivity index (χ0) is 18.2. The molecule has 1 aromatic heterocycles. The fraction of sp³-hybridized carbons (Fsp3) is 0.250. The monoisotopic (exact) mass is 362 g/mol. The number of rotatable bonds is 8. The Morgan fingerprint density at radius 3 is 2.56 bits per heavy atom. The molecule has 0 saturated heterocycles. The van der Waals surface area contributed by atoms with Crippen molar-refractivity contribution in [3.8, 4) is 0 Å². The maximum absolute atomic E-state index is 12.0. The molecule has 0 aliphatic carbocycles. The number of carbonyl (C=O) groups is 3. The molecule has 0 aliphatic heterocycles. The van der Waals surface area contributed by atoms with Gasteiger partial charge in [0.2, 0.25) is 5.91 Å². The van der Waals surface area contributed by atoms with Crippen molar-refractivity contribution in [2.24, 2.45) is 5.73 Å². The van der Waals surface area contributed by atoms with Gasteiger partial charge in [-0.15, -0.1) is 11.3 Å². The van der Waals surface area contributed by atoms with Gasteiger partial charge in [0, 0.05) is 11.9 Å². The number of nitrogens with zero attached hydrogens (tertiary/aromatic N) is 1. The average Bonchev–Trinajstić information content (AvgIpc) is 3.09. The number of thiazole rings is 1. The lowest BCUT2D eigenvalue weighted by atomic mass is 10.0. The van der Waals surface area contributed by atoms with Crippen molar-refractivity contribution in [3.05, 3.63) is 52.0 Å². The Morgan fingerprint density at radius 1 is 1.24 bits per heavy atom. The molecule has 2 amide bonds. The largest absolute Gasteiger partial charge is 0.481 e. The van der Waals surface area contributed by atoms with Crippen LogP contribution in [0.2, 0.25) is 0 Å². The minimum Gasteiger partial charge on any atom is -0.481 e. The Balaban J connectivity index is 1.92. The highest BCUT2D eigenvalue weighted by atomic mass is 32.1. The fourth-order valence-corrected chi connectivity index (χ4v) is 2.77. The summed E-state index contributed by atoms with van der Waals surface area (Å²) in [6, 6.07) is 8.11. The number of aromatic nitrogens is 1. The molecule has 1 unspecified atom stereocenters. The van der Waals surface area contributed by atoms with E-state index in [0.29, 0.717) is 10.6 Å². The minimum atomic E-state index is -1.03. The Hall–Kier alpha value is -2.78. The van der Waals surface area contributed by atoms with Gasteiger partial charge in [0.15, 0.2) is 0 Å². The Morgan fingerprint density at radius 2 is 1.96 bits per heavy atom. The van der Waals surface area contributed by atoms with E-state index >= 15 is 0 Å². The van der Waals surface area contributed by atoms with Gasteiger partial charge in [-0.2, -0.15) is 0 Å². The number of hydrogen-bond acceptors (Lipinski definition) is 6. The molecule has 0 bridgehead atoms. The summed E-state index contributed by atoms with van der Waals surface area (Å²) in [5.41, 5.74) is 6.31.